The molecule has 2 N–H and O–H groups in total. The first-order chi connectivity index (χ1) is 8.35. The summed E-state index contributed by atoms with van der Waals surface area (Å²) in [7, 11) is 1.90. The Balaban J connectivity index is 1.59. The average molecular weight is 232 g/mol. The molecule has 0 bridgehead atoms. The minimum absolute atomic E-state index is 0.600. The van der Waals surface area contributed by atoms with E-state index in [9.17, 15) is 0 Å². The Hall–Kier alpha value is -1.29. The SMILES string of the molecule is CNc1cc(NC2CCN(C3CC3)C2)ccn1. The number of likely N-dealkylation sites (tertiary alicyclic amines) is 1. The van der Waals surface area contributed by atoms with Gasteiger partial charge in [-0.15, -0.1) is 0 Å². The summed E-state index contributed by atoms with van der Waals surface area (Å²) in [5.74, 6) is 0.923. The molecule has 1 aliphatic heterocycles. The fourth-order valence-electron chi connectivity index (χ4n) is 2.57. The summed E-state index contributed by atoms with van der Waals surface area (Å²) < 4.78 is 0. The summed E-state index contributed by atoms with van der Waals surface area (Å²) in [4.78, 5) is 6.85. The molecule has 4 heteroatoms. The fourth-order valence-corrected chi connectivity index (χ4v) is 2.57. The second-order valence-corrected chi connectivity index (χ2v) is 5.04. The number of pyridine rings is 1. The molecule has 0 aromatic carbocycles. The monoisotopic (exact) mass is 232 g/mol. The lowest BCUT2D eigenvalue weighted by molar-refractivity contribution is 0.326. The first kappa shape index (κ1) is 10.8. The van der Waals surface area contributed by atoms with E-state index in [2.05, 4.69) is 26.6 Å². The Morgan fingerprint density at radius 3 is 3.00 bits per heavy atom. The van der Waals surface area contributed by atoms with Crippen LogP contribution in [0.4, 0.5) is 11.5 Å². The quantitative estimate of drug-likeness (QED) is 0.830. The number of hydrogen-bond acceptors (Lipinski definition) is 4. The highest BCUT2D eigenvalue weighted by molar-refractivity contribution is 5.52. The maximum Gasteiger partial charge on any atom is 0.127 e. The molecule has 92 valence electrons. The van der Waals surface area contributed by atoms with Crippen molar-refractivity contribution < 1.29 is 0 Å². The molecule has 1 aromatic heterocycles. The Morgan fingerprint density at radius 1 is 1.35 bits per heavy atom. The van der Waals surface area contributed by atoms with Crippen LogP contribution in [0.2, 0.25) is 0 Å². The van der Waals surface area contributed by atoms with E-state index in [0.29, 0.717) is 6.04 Å². The van der Waals surface area contributed by atoms with Crippen LogP contribution in [0.1, 0.15) is 19.3 Å². The standard InChI is InChI=1S/C13H20N4/c1-14-13-8-10(4-6-15-13)16-11-5-7-17(9-11)12-2-3-12/h4,6,8,11-12H,2-3,5,7,9H2,1H3,(H2,14,15,16). The third-order valence-electron chi connectivity index (χ3n) is 3.67. The van der Waals surface area contributed by atoms with Crippen molar-refractivity contribution in [3.63, 3.8) is 0 Å². The Morgan fingerprint density at radius 2 is 2.24 bits per heavy atom. The fraction of sp³-hybridized carbons (Fsp3) is 0.615. The zero-order valence-electron chi connectivity index (χ0n) is 10.3. The third-order valence-corrected chi connectivity index (χ3v) is 3.67. The molecule has 1 atom stereocenters. The van der Waals surface area contributed by atoms with Gasteiger partial charge in [0.15, 0.2) is 0 Å². The van der Waals surface area contributed by atoms with Gasteiger partial charge >= 0.3 is 0 Å². The summed E-state index contributed by atoms with van der Waals surface area (Å²) in [6, 6.07) is 5.61. The zero-order chi connectivity index (χ0) is 11.7. The summed E-state index contributed by atoms with van der Waals surface area (Å²) in [6.45, 7) is 2.45. The van der Waals surface area contributed by atoms with Crippen molar-refractivity contribution in [2.45, 2.75) is 31.3 Å². The van der Waals surface area contributed by atoms with Gasteiger partial charge in [-0.3, -0.25) is 4.90 Å². The highest BCUT2D eigenvalue weighted by atomic mass is 15.2. The van der Waals surface area contributed by atoms with Crippen molar-refractivity contribution >= 4 is 11.5 Å². The van der Waals surface area contributed by atoms with Gasteiger partial charge in [0.1, 0.15) is 5.82 Å². The van der Waals surface area contributed by atoms with Gasteiger partial charge in [-0.1, -0.05) is 0 Å². The van der Waals surface area contributed by atoms with Gasteiger partial charge in [0, 0.05) is 50.2 Å². The van der Waals surface area contributed by atoms with E-state index in [1.54, 1.807) is 0 Å². The van der Waals surface area contributed by atoms with Gasteiger partial charge in [0.25, 0.3) is 0 Å². The smallest absolute Gasteiger partial charge is 0.127 e. The Labute approximate surface area is 102 Å². The molecule has 1 unspecified atom stereocenters. The van der Waals surface area contributed by atoms with Crippen LogP contribution >= 0.6 is 0 Å². The Kier molecular flexibility index (Phi) is 2.89. The van der Waals surface area contributed by atoms with E-state index < -0.39 is 0 Å². The average Bonchev–Trinajstić information content (AvgIpc) is 3.11. The van der Waals surface area contributed by atoms with Crippen molar-refractivity contribution in [1.82, 2.24) is 9.88 Å². The first-order valence-electron chi connectivity index (χ1n) is 6.49. The molecular weight excluding hydrogens is 212 g/mol. The summed E-state index contributed by atoms with van der Waals surface area (Å²) in [5, 5.41) is 6.67. The Bertz CT molecular complexity index is 389. The molecule has 0 spiro atoms. The number of anilines is 2. The van der Waals surface area contributed by atoms with Crippen LogP contribution < -0.4 is 10.6 Å². The molecule has 2 fully saturated rings. The molecule has 4 nitrogen and oxygen atoms in total. The van der Waals surface area contributed by atoms with E-state index in [0.717, 1.165) is 11.9 Å². The van der Waals surface area contributed by atoms with Crippen molar-refractivity contribution in [2.75, 3.05) is 30.8 Å². The predicted molar refractivity (Wildman–Crippen MR) is 70.4 cm³/mol. The van der Waals surface area contributed by atoms with Crippen LogP contribution in [0.5, 0.6) is 0 Å². The van der Waals surface area contributed by atoms with E-state index in [-0.39, 0.29) is 0 Å². The largest absolute Gasteiger partial charge is 0.381 e. The second-order valence-electron chi connectivity index (χ2n) is 5.04. The highest BCUT2D eigenvalue weighted by Crippen LogP contribution is 2.30. The molecule has 2 heterocycles. The minimum Gasteiger partial charge on any atom is -0.381 e. The molecule has 1 saturated heterocycles. The number of hydrogen-bond donors (Lipinski definition) is 2. The van der Waals surface area contributed by atoms with Gasteiger partial charge < -0.3 is 10.6 Å². The molecule has 0 amide bonds. The van der Waals surface area contributed by atoms with Crippen LogP contribution in [0.15, 0.2) is 18.3 Å². The molecule has 3 rings (SSSR count). The normalized spacial score (nSPS) is 24.9. The van der Waals surface area contributed by atoms with Gasteiger partial charge in [-0.05, 0) is 25.3 Å². The van der Waals surface area contributed by atoms with Crippen LogP contribution in [-0.4, -0.2) is 42.1 Å². The van der Waals surface area contributed by atoms with Crippen LogP contribution in [-0.2, 0) is 0 Å². The number of nitrogens with zero attached hydrogens (tertiary/aromatic N) is 2. The number of nitrogens with one attached hydrogen (secondary N) is 2. The lowest BCUT2D eigenvalue weighted by Crippen LogP contribution is -2.27. The van der Waals surface area contributed by atoms with Crippen molar-refractivity contribution in [3.8, 4) is 0 Å². The van der Waals surface area contributed by atoms with Crippen molar-refractivity contribution in [3.05, 3.63) is 18.3 Å². The molecule has 1 aromatic rings. The first-order valence-corrected chi connectivity index (χ1v) is 6.49. The number of aromatic nitrogens is 1. The van der Waals surface area contributed by atoms with E-state index >= 15 is 0 Å². The second kappa shape index (κ2) is 4.53. The van der Waals surface area contributed by atoms with E-state index in [1.165, 1.54) is 38.0 Å². The maximum atomic E-state index is 4.22. The minimum atomic E-state index is 0.600. The van der Waals surface area contributed by atoms with Crippen LogP contribution in [0, 0.1) is 0 Å². The van der Waals surface area contributed by atoms with E-state index in [1.807, 2.05) is 19.3 Å². The molecule has 1 saturated carbocycles. The summed E-state index contributed by atoms with van der Waals surface area (Å²) in [5.41, 5.74) is 1.17. The maximum absolute atomic E-state index is 4.22. The van der Waals surface area contributed by atoms with Gasteiger partial charge in [-0.2, -0.15) is 0 Å². The molecule has 1 aliphatic carbocycles. The summed E-state index contributed by atoms with van der Waals surface area (Å²) in [6.07, 6.45) is 5.92. The van der Waals surface area contributed by atoms with Crippen LogP contribution in [0.3, 0.4) is 0 Å². The lowest BCUT2D eigenvalue weighted by Gasteiger charge is -2.16. The zero-order valence-corrected chi connectivity index (χ0v) is 10.3. The van der Waals surface area contributed by atoms with Gasteiger partial charge in [0.2, 0.25) is 0 Å². The predicted octanol–water partition coefficient (Wildman–Crippen LogP) is 1.77. The van der Waals surface area contributed by atoms with Gasteiger partial charge in [0.05, 0.1) is 0 Å². The van der Waals surface area contributed by atoms with Crippen molar-refractivity contribution in [2.24, 2.45) is 0 Å². The molecular formula is C13H20N4. The van der Waals surface area contributed by atoms with Crippen molar-refractivity contribution in [1.29, 1.82) is 0 Å². The molecule has 17 heavy (non-hydrogen) atoms. The molecule has 2 aliphatic rings. The van der Waals surface area contributed by atoms with Crippen LogP contribution in [0.25, 0.3) is 0 Å². The number of rotatable bonds is 4. The highest BCUT2D eigenvalue weighted by Gasteiger charge is 2.34. The molecule has 0 radical (unpaired) electrons. The topological polar surface area (TPSA) is 40.2 Å². The lowest BCUT2D eigenvalue weighted by atomic mass is 10.2. The third kappa shape index (κ3) is 2.52. The summed E-state index contributed by atoms with van der Waals surface area (Å²) >= 11 is 0. The van der Waals surface area contributed by atoms with E-state index in [4.69, 9.17) is 0 Å². The van der Waals surface area contributed by atoms with Gasteiger partial charge in [-0.25, -0.2) is 4.98 Å².